The molecule has 0 radical (unpaired) electrons. The van der Waals surface area contributed by atoms with Gasteiger partial charge in [-0.1, -0.05) is 0 Å². The fraction of sp³-hybridized carbons (Fsp3) is 0.333. The molecule has 0 atom stereocenters. The van der Waals surface area contributed by atoms with E-state index in [0.717, 1.165) is 0 Å². The molecule has 0 spiro atoms. The molecule has 3 heteroatoms. The molecule has 0 aromatic rings. The van der Waals surface area contributed by atoms with E-state index in [9.17, 15) is 4.79 Å². The standard InChI is InChI=1S/C6H9NOS/c1-6(8)5-9-4-3-7-2/h3-4H,2,5H2,1H3/b4-3-. The zero-order chi connectivity index (χ0) is 7.11. The molecule has 0 N–H and O–H groups in total. The van der Waals surface area contributed by atoms with E-state index in [1.165, 1.54) is 11.8 Å². The molecule has 0 aliphatic carbocycles. The van der Waals surface area contributed by atoms with E-state index < -0.39 is 0 Å². The zero-order valence-corrected chi connectivity index (χ0v) is 6.15. The molecular formula is C6H9NOS. The van der Waals surface area contributed by atoms with Gasteiger partial charge in [0.25, 0.3) is 0 Å². The van der Waals surface area contributed by atoms with Gasteiger partial charge < -0.3 is 0 Å². The van der Waals surface area contributed by atoms with Crippen LogP contribution in [0.1, 0.15) is 6.92 Å². The number of ketones is 1. The Morgan fingerprint density at radius 3 is 3.00 bits per heavy atom. The second kappa shape index (κ2) is 5.56. The Kier molecular flexibility index (Phi) is 5.21. The van der Waals surface area contributed by atoms with E-state index in [-0.39, 0.29) is 5.78 Å². The molecule has 0 heterocycles. The largest absolute Gasteiger partial charge is 0.299 e. The molecule has 2 nitrogen and oxygen atoms in total. The van der Waals surface area contributed by atoms with E-state index in [1.807, 2.05) is 0 Å². The van der Waals surface area contributed by atoms with Crippen molar-refractivity contribution >= 4 is 24.3 Å². The molecule has 9 heavy (non-hydrogen) atoms. The third-order valence-electron chi connectivity index (χ3n) is 0.549. The molecule has 0 saturated heterocycles. The maximum Gasteiger partial charge on any atom is 0.140 e. The van der Waals surface area contributed by atoms with Crippen LogP contribution in [-0.2, 0) is 4.79 Å². The summed E-state index contributed by atoms with van der Waals surface area (Å²) < 4.78 is 0. The maximum absolute atomic E-state index is 10.3. The van der Waals surface area contributed by atoms with Crippen LogP contribution in [0, 0.1) is 0 Å². The summed E-state index contributed by atoms with van der Waals surface area (Å²) in [5.41, 5.74) is 0. The summed E-state index contributed by atoms with van der Waals surface area (Å²) in [4.78, 5) is 13.8. The van der Waals surface area contributed by atoms with Gasteiger partial charge in [0.05, 0.1) is 5.75 Å². The first-order valence-electron chi connectivity index (χ1n) is 2.49. The summed E-state index contributed by atoms with van der Waals surface area (Å²) in [5, 5.41) is 1.74. The maximum atomic E-state index is 10.3. The molecule has 0 aliphatic heterocycles. The number of nitrogens with zero attached hydrogens (tertiary/aromatic N) is 1. The SMILES string of the molecule is C=N/C=C\SCC(C)=O. The van der Waals surface area contributed by atoms with Crippen LogP contribution < -0.4 is 0 Å². The summed E-state index contributed by atoms with van der Waals surface area (Å²) in [6, 6.07) is 0. The van der Waals surface area contributed by atoms with Gasteiger partial charge >= 0.3 is 0 Å². The van der Waals surface area contributed by atoms with Gasteiger partial charge in [-0.3, -0.25) is 9.79 Å². The highest BCUT2D eigenvalue weighted by molar-refractivity contribution is 8.02. The number of carbonyl (C=O) groups excluding carboxylic acids is 1. The molecular weight excluding hydrogens is 134 g/mol. The molecule has 50 valence electrons. The van der Waals surface area contributed by atoms with Gasteiger partial charge in [0.2, 0.25) is 0 Å². The summed E-state index contributed by atoms with van der Waals surface area (Å²) in [5.74, 6) is 0.695. The van der Waals surface area contributed by atoms with Crippen LogP contribution in [0.15, 0.2) is 16.6 Å². The Hall–Kier alpha value is -0.570. The predicted octanol–water partition coefficient (Wildman–Crippen LogP) is 1.48. The molecule has 0 aliphatic rings. The molecule has 0 aromatic heterocycles. The molecule has 0 unspecified atom stereocenters. The molecule has 0 aromatic carbocycles. The van der Waals surface area contributed by atoms with Gasteiger partial charge in [-0.25, -0.2) is 0 Å². The Labute approximate surface area is 59.1 Å². The van der Waals surface area contributed by atoms with Crippen LogP contribution in [0.25, 0.3) is 0 Å². The monoisotopic (exact) mass is 143 g/mol. The first kappa shape index (κ1) is 8.43. The van der Waals surface area contributed by atoms with Crippen molar-refractivity contribution in [3.8, 4) is 0 Å². The summed E-state index contributed by atoms with van der Waals surface area (Å²) >= 11 is 1.42. The van der Waals surface area contributed by atoms with Crippen molar-refractivity contribution in [3.63, 3.8) is 0 Å². The van der Waals surface area contributed by atoms with Gasteiger partial charge in [0, 0.05) is 6.20 Å². The van der Waals surface area contributed by atoms with Crippen LogP contribution in [-0.4, -0.2) is 18.3 Å². The van der Waals surface area contributed by atoms with Crippen LogP contribution >= 0.6 is 11.8 Å². The number of Topliss-reactive ketones (excluding diaryl/α,β-unsaturated/α-hetero) is 1. The summed E-state index contributed by atoms with van der Waals surface area (Å²) in [6.07, 6.45) is 1.56. The van der Waals surface area contributed by atoms with Crippen molar-refractivity contribution in [2.75, 3.05) is 5.75 Å². The Balaban J connectivity index is 3.19. The normalized spacial score (nSPS) is 9.89. The minimum atomic E-state index is 0.175. The Morgan fingerprint density at radius 1 is 1.89 bits per heavy atom. The second-order valence-electron chi connectivity index (χ2n) is 1.48. The fourth-order valence-electron chi connectivity index (χ4n) is 0.252. The van der Waals surface area contributed by atoms with E-state index in [2.05, 4.69) is 11.7 Å². The van der Waals surface area contributed by atoms with Gasteiger partial charge in [-0.15, -0.1) is 11.8 Å². The molecule has 0 bridgehead atoms. The van der Waals surface area contributed by atoms with Crippen molar-refractivity contribution < 1.29 is 4.79 Å². The quantitative estimate of drug-likeness (QED) is 0.558. The zero-order valence-electron chi connectivity index (χ0n) is 5.33. The summed E-state index contributed by atoms with van der Waals surface area (Å²) in [6.45, 7) is 4.80. The number of carbonyl (C=O) groups is 1. The van der Waals surface area contributed by atoms with Crippen LogP contribution in [0.4, 0.5) is 0 Å². The van der Waals surface area contributed by atoms with Crippen LogP contribution in [0.5, 0.6) is 0 Å². The smallest absolute Gasteiger partial charge is 0.140 e. The number of aliphatic imine (C=N–C) groups is 1. The average Bonchev–Trinajstić information content (AvgIpc) is 1.80. The van der Waals surface area contributed by atoms with Crippen LogP contribution in [0.2, 0.25) is 0 Å². The lowest BCUT2D eigenvalue weighted by Gasteiger charge is -1.84. The highest BCUT2D eigenvalue weighted by Crippen LogP contribution is 2.00. The highest BCUT2D eigenvalue weighted by Gasteiger charge is 1.87. The molecule has 0 amide bonds. The third kappa shape index (κ3) is 7.43. The summed E-state index contributed by atoms with van der Waals surface area (Å²) in [7, 11) is 0. The van der Waals surface area contributed by atoms with Crippen molar-refractivity contribution in [2.45, 2.75) is 6.92 Å². The van der Waals surface area contributed by atoms with E-state index in [1.54, 1.807) is 18.5 Å². The number of thioether (sulfide) groups is 1. The number of hydrogen-bond donors (Lipinski definition) is 0. The minimum absolute atomic E-state index is 0.175. The fourth-order valence-corrected chi connectivity index (χ4v) is 0.755. The first-order chi connectivity index (χ1) is 4.27. The number of rotatable bonds is 4. The number of hydrogen-bond acceptors (Lipinski definition) is 3. The first-order valence-corrected chi connectivity index (χ1v) is 3.54. The third-order valence-corrected chi connectivity index (χ3v) is 1.44. The van der Waals surface area contributed by atoms with Crippen molar-refractivity contribution in [1.82, 2.24) is 0 Å². The van der Waals surface area contributed by atoms with Gasteiger partial charge in [-0.2, -0.15) is 0 Å². The van der Waals surface area contributed by atoms with Gasteiger partial charge in [0.15, 0.2) is 0 Å². The highest BCUT2D eigenvalue weighted by atomic mass is 32.2. The van der Waals surface area contributed by atoms with E-state index >= 15 is 0 Å². The van der Waals surface area contributed by atoms with Gasteiger partial charge in [-0.05, 0) is 19.0 Å². The lowest BCUT2D eigenvalue weighted by Crippen LogP contribution is -1.90. The Morgan fingerprint density at radius 2 is 2.56 bits per heavy atom. The average molecular weight is 143 g/mol. The molecule has 0 rings (SSSR count). The van der Waals surface area contributed by atoms with Crippen molar-refractivity contribution in [1.29, 1.82) is 0 Å². The molecule has 0 fully saturated rings. The predicted molar refractivity (Wildman–Crippen MR) is 41.8 cm³/mol. The topological polar surface area (TPSA) is 29.4 Å². The minimum Gasteiger partial charge on any atom is -0.299 e. The van der Waals surface area contributed by atoms with Crippen molar-refractivity contribution in [2.24, 2.45) is 4.99 Å². The second-order valence-corrected chi connectivity index (χ2v) is 2.37. The lowest BCUT2D eigenvalue weighted by molar-refractivity contribution is -0.114. The van der Waals surface area contributed by atoms with Crippen molar-refractivity contribution in [3.05, 3.63) is 11.6 Å². The van der Waals surface area contributed by atoms with E-state index in [4.69, 9.17) is 0 Å². The van der Waals surface area contributed by atoms with Gasteiger partial charge in [0.1, 0.15) is 5.78 Å². The Bertz CT molecular complexity index is 131. The molecule has 0 saturated carbocycles. The van der Waals surface area contributed by atoms with Crippen LogP contribution in [0.3, 0.4) is 0 Å². The lowest BCUT2D eigenvalue weighted by atomic mass is 10.5. The van der Waals surface area contributed by atoms with E-state index in [0.29, 0.717) is 5.75 Å².